The van der Waals surface area contributed by atoms with Crippen molar-refractivity contribution in [1.29, 1.82) is 0 Å². The maximum atomic E-state index is 13.3. The number of aliphatic imine (C=N–C) groups is 1. The van der Waals surface area contributed by atoms with Gasteiger partial charge in [-0.1, -0.05) is 42.5 Å². The van der Waals surface area contributed by atoms with Gasteiger partial charge in [0.2, 0.25) is 0 Å². The molecule has 0 bridgehead atoms. The van der Waals surface area contributed by atoms with Crippen molar-refractivity contribution in [1.82, 2.24) is 10.2 Å². The van der Waals surface area contributed by atoms with Gasteiger partial charge in [0.1, 0.15) is 5.82 Å². The zero-order valence-corrected chi connectivity index (χ0v) is 15.9. The lowest BCUT2D eigenvalue weighted by molar-refractivity contribution is 0.0906. The Bertz CT molecular complexity index is 735. The van der Waals surface area contributed by atoms with Crippen molar-refractivity contribution >= 4 is 5.96 Å². The van der Waals surface area contributed by atoms with Gasteiger partial charge in [0, 0.05) is 25.6 Å². The van der Waals surface area contributed by atoms with Gasteiger partial charge in [-0.2, -0.15) is 0 Å². The summed E-state index contributed by atoms with van der Waals surface area (Å²) in [6.45, 7) is 6.67. The molecule has 1 aliphatic heterocycles. The van der Waals surface area contributed by atoms with Crippen molar-refractivity contribution in [2.24, 2.45) is 10.9 Å². The number of halogens is 1. The van der Waals surface area contributed by atoms with Gasteiger partial charge < -0.3 is 15.0 Å². The van der Waals surface area contributed by atoms with E-state index >= 15 is 0 Å². The minimum Gasteiger partial charge on any atom is -0.376 e. The number of benzene rings is 2. The molecule has 5 heteroatoms. The van der Waals surface area contributed by atoms with Gasteiger partial charge in [-0.15, -0.1) is 0 Å². The van der Waals surface area contributed by atoms with Crippen LogP contribution in [0, 0.1) is 11.7 Å². The maximum absolute atomic E-state index is 13.3. The number of guanidine groups is 1. The number of nitrogens with zero attached hydrogens (tertiary/aromatic N) is 2. The summed E-state index contributed by atoms with van der Waals surface area (Å²) in [5, 5.41) is 3.35. The molecule has 0 spiro atoms. The summed E-state index contributed by atoms with van der Waals surface area (Å²) in [7, 11) is 0. The molecular weight excluding hydrogens is 341 g/mol. The zero-order chi connectivity index (χ0) is 18.9. The highest BCUT2D eigenvalue weighted by molar-refractivity contribution is 5.80. The first-order valence-corrected chi connectivity index (χ1v) is 9.64. The Morgan fingerprint density at radius 3 is 2.78 bits per heavy atom. The van der Waals surface area contributed by atoms with Gasteiger partial charge in [-0.25, -0.2) is 9.38 Å². The molecule has 0 saturated carbocycles. The van der Waals surface area contributed by atoms with Crippen LogP contribution in [-0.2, 0) is 17.9 Å². The molecule has 1 heterocycles. The van der Waals surface area contributed by atoms with Crippen molar-refractivity contribution in [3.05, 3.63) is 71.5 Å². The molecule has 3 rings (SSSR count). The van der Waals surface area contributed by atoms with Crippen LogP contribution >= 0.6 is 0 Å². The highest BCUT2D eigenvalue weighted by atomic mass is 19.1. The first kappa shape index (κ1) is 19.4. The van der Waals surface area contributed by atoms with Crippen LogP contribution in [-0.4, -0.2) is 37.1 Å². The third kappa shape index (κ3) is 6.07. The monoisotopic (exact) mass is 369 g/mol. The lowest BCUT2D eigenvalue weighted by Crippen LogP contribution is -2.40. The van der Waals surface area contributed by atoms with Crippen LogP contribution in [0.3, 0.4) is 0 Å². The second-order valence-corrected chi connectivity index (χ2v) is 6.90. The summed E-state index contributed by atoms with van der Waals surface area (Å²) < 4.78 is 19.2. The standard InChI is InChI=1S/C22H28FN3O/c1-2-24-22(25-14-19-9-6-10-21(23)13-19)26-12-11-20(15-26)17-27-16-18-7-4-3-5-8-18/h3-10,13,20H,2,11-12,14-17H2,1H3,(H,24,25). The number of ether oxygens (including phenoxy) is 1. The normalized spacial score (nSPS) is 17.3. The number of nitrogens with one attached hydrogen (secondary N) is 1. The summed E-state index contributed by atoms with van der Waals surface area (Å²) in [4.78, 5) is 6.97. The van der Waals surface area contributed by atoms with Gasteiger partial charge in [0.05, 0.1) is 19.8 Å². The fourth-order valence-corrected chi connectivity index (χ4v) is 3.31. The Morgan fingerprint density at radius 1 is 1.19 bits per heavy atom. The molecule has 2 aromatic rings. The number of hydrogen-bond acceptors (Lipinski definition) is 2. The fraction of sp³-hybridized carbons (Fsp3) is 0.409. The van der Waals surface area contributed by atoms with E-state index in [0.29, 0.717) is 19.1 Å². The number of rotatable bonds is 7. The molecule has 1 fully saturated rings. The van der Waals surface area contributed by atoms with Gasteiger partial charge in [-0.3, -0.25) is 0 Å². The first-order chi connectivity index (χ1) is 13.2. The zero-order valence-electron chi connectivity index (χ0n) is 15.9. The first-order valence-electron chi connectivity index (χ1n) is 9.64. The molecule has 1 unspecified atom stereocenters. The summed E-state index contributed by atoms with van der Waals surface area (Å²) in [5.74, 6) is 1.18. The molecule has 1 aliphatic rings. The maximum Gasteiger partial charge on any atom is 0.194 e. The van der Waals surface area contributed by atoms with E-state index in [2.05, 4.69) is 29.3 Å². The minimum atomic E-state index is -0.218. The lowest BCUT2D eigenvalue weighted by atomic mass is 10.1. The van der Waals surface area contributed by atoms with Gasteiger partial charge in [-0.05, 0) is 36.6 Å². The second kappa shape index (κ2) is 10.1. The Labute approximate surface area is 161 Å². The van der Waals surface area contributed by atoms with Crippen LogP contribution in [0.2, 0.25) is 0 Å². The van der Waals surface area contributed by atoms with Crippen molar-refractivity contribution in [3.8, 4) is 0 Å². The summed E-state index contributed by atoms with van der Waals surface area (Å²) in [6.07, 6.45) is 1.10. The molecule has 0 aliphatic carbocycles. The SMILES string of the molecule is CCNC(=NCc1cccc(F)c1)N1CCC(COCc2ccccc2)C1. The molecular formula is C22H28FN3O. The second-order valence-electron chi connectivity index (χ2n) is 6.90. The molecule has 1 saturated heterocycles. The van der Waals surface area contributed by atoms with Crippen molar-refractivity contribution in [2.45, 2.75) is 26.5 Å². The van der Waals surface area contributed by atoms with Crippen molar-refractivity contribution in [3.63, 3.8) is 0 Å². The van der Waals surface area contributed by atoms with E-state index in [0.717, 1.165) is 44.2 Å². The van der Waals surface area contributed by atoms with Crippen LogP contribution in [0.15, 0.2) is 59.6 Å². The van der Waals surface area contributed by atoms with E-state index in [4.69, 9.17) is 9.73 Å². The highest BCUT2D eigenvalue weighted by Gasteiger charge is 2.25. The molecule has 0 aromatic heterocycles. The average molecular weight is 369 g/mol. The predicted octanol–water partition coefficient (Wildman–Crippen LogP) is 3.83. The topological polar surface area (TPSA) is 36.9 Å². The van der Waals surface area contributed by atoms with Crippen molar-refractivity contribution in [2.75, 3.05) is 26.2 Å². The molecule has 0 amide bonds. The summed E-state index contributed by atoms with van der Waals surface area (Å²) >= 11 is 0. The van der Waals surface area contributed by atoms with Gasteiger partial charge in [0.15, 0.2) is 5.96 Å². The van der Waals surface area contributed by atoms with E-state index in [1.807, 2.05) is 24.3 Å². The number of likely N-dealkylation sites (tertiary alicyclic amines) is 1. The van der Waals surface area contributed by atoms with Gasteiger partial charge in [0.25, 0.3) is 0 Å². The average Bonchev–Trinajstić information content (AvgIpc) is 3.15. The predicted molar refractivity (Wildman–Crippen MR) is 107 cm³/mol. The third-order valence-electron chi connectivity index (χ3n) is 4.69. The van der Waals surface area contributed by atoms with Crippen LogP contribution in [0.5, 0.6) is 0 Å². The Hall–Kier alpha value is -2.40. The Morgan fingerprint density at radius 2 is 2.00 bits per heavy atom. The van der Waals surface area contributed by atoms with E-state index in [-0.39, 0.29) is 5.82 Å². The molecule has 2 aromatic carbocycles. The van der Waals surface area contributed by atoms with Crippen LogP contribution < -0.4 is 5.32 Å². The number of hydrogen-bond donors (Lipinski definition) is 1. The molecule has 1 N–H and O–H groups in total. The third-order valence-corrected chi connectivity index (χ3v) is 4.69. The molecule has 27 heavy (non-hydrogen) atoms. The van der Waals surface area contributed by atoms with Crippen LogP contribution in [0.1, 0.15) is 24.5 Å². The molecule has 1 atom stereocenters. The fourth-order valence-electron chi connectivity index (χ4n) is 3.31. The quantitative estimate of drug-likeness (QED) is 0.595. The summed E-state index contributed by atoms with van der Waals surface area (Å²) in [6, 6.07) is 16.9. The largest absolute Gasteiger partial charge is 0.376 e. The van der Waals surface area contributed by atoms with Crippen molar-refractivity contribution < 1.29 is 9.13 Å². The van der Waals surface area contributed by atoms with E-state index < -0.39 is 0 Å². The van der Waals surface area contributed by atoms with Crippen LogP contribution in [0.4, 0.5) is 4.39 Å². The Kier molecular flexibility index (Phi) is 7.22. The van der Waals surface area contributed by atoms with E-state index in [1.165, 1.54) is 17.7 Å². The molecule has 4 nitrogen and oxygen atoms in total. The highest BCUT2D eigenvalue weighted by Crippen LogP contribution is 2.18. The minimum absolute atomic E-state index is 0.218. The Balaban J connectivity index is 1.50. The summed E-state index contributed by atoms with van der Waals surface area (Å²) in [5.41, 5.74) is 2.09. The lowest BCUT2D eigenvalue weighted by Gasteiger charge is -2.21. The molecule has 0 radical (unpaired) electrons. The van der Waals surface area contributed by atoms with Gasteiger partial charge >= 0.3 is 0 Å². The molecule has 144 valence electrons. The smallest absolute Gasteiger partial charge is 0.194 e. The van der Waals surface area contributed by atoms with E-state index in [1.54, 1.807) is 6.07 Å². The van der Waals surface area contributed by atoms with Crippen LogP contribution in [0.25, 0.3) is 0 Å². The van der Waals surface area contributed by atoms with E-state index in [9.17, 15) is 4.39 Å².